The Bertz CT molecular complexity index is 643. The Hall–Kier alpha value is -1.60. The zero-order valence-electron chi connectivity index (χ0n) is 13.4. The van der Waals surface area contributed by atoms with Crippen molar-refractivity contribution in [1.29, 1.82) is 0 Å². The van der Waals surface area contributed by atoms with Gasteiger partial charge >= 0.3 is 0 Å². The molecule has 0 aliphatic carbocycles. The van der Waals surface area contributed by atoms with Crippen molar-refractivity contribution in [1.82, 2.24) is 14.9 Å². The van der Waals surface area contributed by atoms with Crippen LogP contribution in [0.2, 0.25) is 0 Å². The fourth-order valence-corrected chi connectivity index (χ4v) is 2.76. The highest BCUT2D eigenvalue weighted by atomic mass is 35.5. The summed E-state index contributed by atoms with van der Waals surface area (Å²) in [5.74, 6) is -0.0840. The van der Waals surface area contributed by atoms with E-state index in [-0.39, 0.29) is 30.7 Å². The van der Waals surface area contributed by atoms with Gasteiger partial charge in [-0.05, 0) is 44.1 Å². The molecule has 2 aromatic rings. The van der Waals surface area contributed by atoms with E-state index in [4.69, 9.17) is 4.74 Å². The van der Waals surface area contributed by atoms with E-state index in [1.165, 1.54) is 0 Å². The number of halogens is 2. The lowest BCUT2D eigenvalue weighted by atomic mass is 9.91. The molecule has 24 heavy (non-hydrogen) atoms. The minimum absolute atomic E-state index is 0. The quantitative estimate of drug-likeness (QED) is 0.864. The van der Waals surface area contributed by atoms with Crippen LogP contribution in [0.15, 0.2) is 43.0 Å². The molecule has 132 valence electrons. The summed E-state index contributed by atoms with van der Waals surface area (Å²) < 4.78 is 7.44. The Morgan fingerprint density at radius 2 is 2.08 bits per heavy atom. The molecular formula is C16H22Cl2N4O2. The van der Waals surface area contributed by atoms with E-state index in [0.717, 1.165) is 24.5 Å². The van der Waals surface area contributed by atoms with Crippen molar-refractivity contribution in [2.45, 2.75) is 18.4 Å². The van der Waals surface area contributed by atoms with Gasteiger partial charge in [0.2, 0.25) is 0 Å². The van der Waals surface area contributed by atoms with Gasteiger partial charge in [0.15, 0.2) is 0 Å². The van der Waals surface area contributed by atoms with Crippen LogP contribution in [-0.4, -0.2) is 41.3 Å². The van der Waals surface area contributed by atoms with Gasteiger partial charge in [-0.1, -0.05) is 6.07 Å². The van der Waals surface area contributed by atoms with Crippen molar-refractivity contribution in [2.24, 2.45) is 0 Å². The third kappa shape index (κ3) is 4.27. The first-order valence-electron chi connectivity index (χ1n) is 7.39. The Kier molecular flexibility index (Phi) is 7.69. The zero-order chi connectivity index (χ0) is 15.4. The number of imidazole rings is 1. The van der Waals surface area contributed by atoms with Gasteiger partial charge in [0.1, 0.15) is 5.60 Å². The molecule has 1 aliphatic heterocycles. The number of anilines is 1. The molecule has 0 unspecified atom stereocenters. The van der Waals surface area contributed by atoms with Crippen LogP contribution in [0.3, 0.4) is 0 Å². The maximum atomic E-state index is 12.6. The highest BCUT2D eigenvalue weighted by Gasteiger charge is 2.39. The van der Waals surface area contributed by atoms with Crippen molar-refractivity contribution in [3.05, 3.63) is 43.0 Å². The summed E-state index contributed by atoms with van der Waals surface area (Å²) in [6.07, 6.45) is 6.67. The number of piperidine rings is 1. The number of aromatic nitrogens is 2. The maximum absolute atomic E-state index is 12.6. The van der Waals surface area contributed by atoms with E-state index in [1.807, 2.05) is 35.0 Å². The topological polar surface area (TPSA) is 68.2 Å². The number of methoxy groups -OCH3 is 1. The molecule has 1 saturated heterocycles. The number of hydrogen-bond donors (Lipinski definition) is 2. The number of ether oxygens (including phenoxy) is 1. The Morgan fingerprint density at radius 3 is 2.71 bits per heavy atom. The Morgan fingerprint density at radius 1 is 1.33 bits per heavy atom. The van der Waals surface area contributed by atoms with Crippen molar-refractivity contribution < 1.29 is 9.53 Å². The van der Waals surface area contributed by atoms with Crippen LogP contribution in [0.5, 0.6) is 0 Å². The predicted octanol–water partition coefficient (Wildman–Crippen LogP) is 2.42. The van der Waals surface area contributed by atoms with Crippen LogP contribution >= 0.6 is 24.8 Å². The molecule has 1 aromatic heterocycles. The van der Waals surface area contributed by atoms with Gasteiger partial charge in [0.05, 0.1) is 6.33 Å². The molecule has 0 spiro atoms. The largest absolute Gasteiger partial charge is 0.368 e. The van der Waals surface area contributed by atoms with Gasteiger partial charge in [0, 0.05) is 30.9 Å². The smallest absolute Gasteiger partial charge is 0.256 e. The Balaban J connectivity index is 0.00000144. The standard InChI is InChI=1S/C16H20N4O2.2ClH/c1-22-16(5-7-17-8-6-16)15(21)19-13-3-2-4-14(11-13)20-10-9-18-12-20;;/h2-4,9-12,17H,5-8H2,1H3,(H,19,21);2*1H. The summed E-state index contributed by atoms with van der Waals surface area (Å²) in [6.45, 7) is 1.58. The third-order valence-corrected chi connectivity index (χ3v) is 4.12. The summed E-state index contributed by atoms with van der Waals surface area (Å²) in [7, 11) is 1.60. The molecule has 0 saturated carbocycles. The van der Waals surface area contributed by atoms with Gasteiger partial charge in [-0.2, -0.15) is 0 Å². The van der Waals surface area contributed by atoms with Gasteiger partial charge in [-0.3, -0.25) is 4.79 Å². The Labute approximate surface area is 153 Å². The molecule has 1 fully saturated rings. The van der Waals surface area contributed by atoms with Crippen LogP contribution in [0.1, 0.15) is 12.8 Å². The summed E-state index contributed by atoms with van der Waals surface area (Å²) in [5.41, 5.74) is 0.967. The zero-order valence-corrected chi connectivity index (χ0v) is 15.0. The minimum Gasteiger partial charge on any atom is -0.368 e. The van der Waals surface area contributed by atoms with Crippen molar-refractivity contribution in [3.8, 4) is 5.69 Å². The molecule has 1 aliphatic rings. The number of benzene rings is 1. The highest BCUT2D eigenvalue weighted by molar-refractivity contribution is 5.97. The molecule has 0 atom stereocenters. The fourth-order valence-electron chi connectivity index (χ4n) is 2.76. The minimum atomic E-state index is -0.740. The third-order valence-electron chi connectivity index (χ3n) is 4.12. The molecule has 0 radical (unpaired) electrons. The summed E-state index contributed by atoms with van der Waals surface area (Å²) in [4.78, 5) is 16.7. The number of carbonyl (C=O) groups is 1. The molecule has 2 N–H and O–H groups in total. The number of carbonyl (C=O) groups excluding carboxylic acids is 1. The van der Waals surface area contributed by atoms with Gasteiger partial charge < -0.3 is 19.9 Å². The number of nitrogens with one attached hydrogen (secondary N) is 2. The first-order valence-corrected chi connectivity index (χ1v) is 7.39. The molecular weight excluding hydrogens is 351 g/mol. The average Bonchev–Trinajstić information content (AvgIpc) is 3.10. The van der Waals surface area contributed by atoms with Crippen molar-refractivity contribution in [3.63, 3.8) is 0 Å². The number of hydrogen-bond acceptors (Lipinski definition) is 4. The number of rotatable bonds is 4. The second-order valence-electron chi connectivity index (χ2n) is 5.42. The normalized spacial score (nSPS) is 15.7. The molecule has 1 aromatic carbocycles. The lowest BCUT2D eigenvalue weighted by Crippen LogP contribution is -2.51. The van der Waals surface area contributed by atoms with E-state index < -0.39 is 5.60 Å². The second-order valence-corrected chi connectivity index (χ2v) is 5.42. The van der Waals surface area contributed by atoms with Gasteiger partial charge in [-0.25, -0.2) is 4.98 Å². The molecule has 3 rings (SSSR count). The molecule has 2 heterocycles. The molecule has 8 heteroatoms. The molecule has 1 amide bonds. The fraction of sp³-hybridized carbons (Fsp3) is 0.375. The van der Waals surface area contributed by atoms with Crippen molar-refractivity contribution in [2.75, 3.05) is 25.5 Å². The van der Waals surface area contributed by atoms with Gasteiger partial charge in [0.25, 0.3) is 5.91 Å². The van der Waals surface area contributed by atoms with E-state index >= 15 is 0 Å². The van der Waals surface area contributed by atoms with Crippen LogP contribution in [-0.2, 0) is 9.53 Å². The van der Waals surface area contributed by atoms with E-state index in [2.05, 4.69) is 15.6 Å². The first kappa shape index (κ1) is 20.4. The highest BCUT2D eigenvalue weighted by Crippen LogP contribution is 2.25. The van der Waals surface area contributed by atoms with Crippen LogP contribution < -0.4 is 10.6 Å². The molecule has 6 nitrogen and oxygen atoms in total. The monoisotopic (exact) mass is 372 g/mol. The van der Waals surface area contributed by atoms with Crippen LogP contribution in [0.4, 0.5) is 5.69 Å². The first-order chi connectivity index (χ1) is 10.7. The maximum Gasteiger partial charge on any atom is 0.256 e. The predicted molar refractivity (Wildman–Crippen MR) is 98.5 cm³/mol. The van der Waals surface area contributed by atoms with E-state index in [0.29, 0.717) is 12.8 Å². The van der Waals surface area contributed by atoms with Gasteiger partial charge in [-0.15, -0.1) is 24.8 Å². The molecule has 0 bridgehead atoms. The average molecular weight is 373 g/mol. The van der Waals surface area contributed by atoms with Crippen LogP contribution in [0.25, 0.3) is 5.69 Å². The van der Waals surface area contributed by atoms with E-state index in [1.54, 1.807) is 19.6 Å². The summed E-state index contributed by atoms with van der Waals surface area (Å²) in [6, 6.07) is 7.67. The second kappa shape index (κ2) is 9.03. The lowest BCUT2D eigenvalue weighted by Gasteiger charge is -2.34. The van der Waals surface area contributed by atoms with Crippen LogP contribution in [0, 0.1) is 0 Å². The number of nitrogens with zero attached hydrogens (tertiary/aromatic N) is 2. The van der Waals surface area contributed by atoms with E-state index in [9.17, 15) is 4.79 Å². The summed E-state index contributed by atoms with van der Waals surface area (Å²) >= 11 is 0. The lowest BCUT2D eigenvalue weighted by molar-refractivity contribution is -0.140. The SMILES string of the molecule is COC1(C(=O)Nc2cccc(-n3ccnc3)c2)CCNCC1.Cl.Cl. The summed E-state index contributed by atoms with van der Waals surface area (Å²) in [5, 5.41) is 6.23. The van der Waals surface area contributed by atoms with Crippen molar-refractivity contribution >= 4 is 36.4 Å². The number of amides is 1.